The van der Waals surface area contributed by atoms with Gasteiger partial charge in [-0.3, -0.25) is 0 Å². The molecule has 1 heteroatoms. The first-order chi connectivity index (χ1) is 4.47. The van der Waals surface area contributed by atoms with E-state index in [0.29, 0.717) is 0 Å². The third-order valence-electron chi connectivity index (χ3n) is 2.44. The summed E-state index contributed by atoms with van der Waals surface area (Å²) in [6, 6.07) is 0. The largest absolute Gasteiger partial charge is 0.390 e. The van der Waals surface area contributed by atoms with E-state index in [4.69, 9.17) is 0 Å². The molecule has 1 unspecified atom stereocenters. The van der Waals surface area contributed by atoms with E-state index >= 15 is 0 Å². The van der Waals surface area contributed by atoms with Crippen LogP contribution in [0.1, 0.15) is 25.7 Å². The molecule has 0 aromatic carbocycles. The zero-order chi connectivity index (χ0) is 6.10. The third-order valence-corrected chi connectivity index (χ3v) is 2.44. The van der Waals surface area contributed by atoms with Gasteiger partial charge in [-0.25, -0.2) is 0 Å². The monoisotopic (exact) mass is 123 g/mol. The Morgan fingerprint density at radius 2 is 2.44 bits per heavy atom. The molecule has 1 fully saturated rings. The summed E-state index contributed by atoms with van der Waals surface area (Å²) in [7, 11) is 0. The number of nitrogens with one attached hydrogen (secondary N) is 1. The molecule has 1 heterocycles. The average Bonchev–Trinajstić information content (AvgIpc) is 2.33. The second kappa shape index (κ2) is 2.05. The number of hydrogen-bond acceptors (Lipinski definition) is 1. The van der Waals surface area contributed by atoms with Crippen molar-refractivity contribution >= 4 is 0 Å². The van der Waals surface area contributed by atoms with Crippen molar-refractivity contribution in [1.29, 1.82) is 0 Å². The lowest BCUT2D eigenvalue weighted by molar-refractivity contribution is 0.472. The normalized spacial score (nSPS) is 32.9. The summed E-state index contributed by atoms with van der Waals surface area (Å²) < 4.78 is 0. The molecule has 2 rings (SSSR count). The van der Waals surface area contributed by atoms with Crippen LogP contribution >= 0.6 is 0 Å². The summed E-state index contributed by atoms with van der Waals surface area (Å²) in [5.74, 6) is 0.916. The number of hydrogen-bond donors (Lipinski definition) is 1. The van der Waals surface area contributed by atoms with Gasteiger partial charge in [-0.2, -0.15) is 0 Å². The van der Waals surface area contributed by atoms with Crippen LogP contribution in [0.3, 0.4) is 0 Å². The molecule has 0 aromatic heterocycles. The Balaban J connectivity index is 2.09. The van der Waals surface area contributed by atoms with Crippen molar-refractivity contribution in [2.75, 3.05) is 6.54 Å². The van der Waals surface area contributed by atoms with Crippen LogP contribution in [0.4, 0.5) is 0 Å². The van der Waals surface area contributed by atoms with Crippen LogP contribution in [0.2, 0.25) is 0 Å². The Labute approximate surface area is 56.1 Å². The Hall–Kier alpha value is -0.460. The third kappa shape index (κ3) is 0.846. The molecule has 0 aromatic rings. The van der Waals surface area contributed by atoms with E-state index in [0.717, 1.165) is 5.92 Å². The topological polar surface area (TPSA) is 12.0 Å². The van der Waals surface area contributed by atoms with Crippen LogP contribution in [0, 0.1) is 5.92 Å². The van der Waals surface area contributed by atoms with Gasteiger partial charge in [0, 0.05) is 6.54 Å². The summed E-state index contributed by atoms with van der Waals surface area (Å²) >= 11 is 0. The zero-order valence-corrected chi connectivity index (χ0v) is 5.69. The summed E-state index contributed by atoms with van der Waals surface area (Å²) in [5.41, 5.74) is 1.68. The van der Waals surface area contributed by atoms with Gasteiger partial charge in [-0.15, -0.1) is 0 Å². The maximum Gasteiger partial charge on any atom is 0.0207 e. The van der Waals surface area contributed by atoms with Crippen molar-refractivity contribution in [1.82, 2.24) is 5.32 Å². The van der Waals surface area contributed by atoms with E-state index in [1.807, 2.05) is 0 Å². The molecule has 1 aliphatic heterocycles. The van der Waals surface area contributed by atoms with Crippen LogP contribution < -0.4 is 5.32 Å². The highest BCUT2D eigenvalue weighted by Crippen LogP contribution is 2.30. The summed E-state index contributed by atoms with van der Waals surface area (Å²) in [5, 5.41) is 3.30. The Kier molecular flexibility index (Phi) is 1.22. The van der Waals surface area contributed by atoms with Gasteiger partial charge in [0.25, 0.3) is 0 Å². The van der Waals surface area contributed by atoms with Gasteiger partial charge < -0.3 is 5.32 Å². The van der Waals surface area contributed by atoms with Gasteiger partial charge in [0.1, 0.15) is 0 Å². The van der Waals surface area contributed by atoms with Gasteiger partial charge in [-0.1, -0.05) is 6.42 Å². The van der Waals surface area contributed by atoms with Crippen molar-refractivity contribution in [2.24, 2.45) is 5.92 Å². The van der Waals surface area contributed by atoms with Crippen LogP contribution in [0.5, 0.6) is 0 Å². The molecule has 0 saturated heterocycles. The first-order valence-corrected chi connectivity index (χ1v) is 3.89. The lowest BCUT2D eigenvalue weighted by Gasteiger charge is -2.18. The van der Waals surface area contributed by atoms with Crippen LogP contribution in [-0.4, -0.2) is 6.54 Å². The second-order valence-electron chi connectivity index (χ2n) is 3.07. The smallest absolute Gasteiger partial charge is 0.0207 e. The van der Waals surface area contributed by atoms with Gasteiger partial charge >= 0.3 is 0 Å². The lowest BCUT2D eigenvalue weighted by atomic mass is 9.87. The van der Waals surface area contributed by atoms with Crippen LogP contribution in [0.15, 0.2) is 11.8 Å². The van der Waals surface area contributed by atoms with E-state index < -0.39 is 0 Å². The van der Waals surface area contributed by atoms with Crippen molar-refractivity contribution < 1.29 is 0 Å². The molecule has 0 bridgehead atoms. The van der Waals surface area contributed by atoms with Crippen LogP contribution in [0.25, 0.3) is 0 Å². The zero-order valence-electron chi connectivity index (χ0n) is 5.69. The molecular formula is C8H13N. The van der Waals surface area contributed by atoms with Crippen molar-refractivity contribution in [3.05, 3.63) is 11.8 Å². The van der Waals surface area contributed by atoms with Gasteiger partial charge in [-0.05, 0) is 37.0 Å². The van der Waals surface area contributed by atoms with E-state index in [-0.39, 0.29) is 0 Å². The predicted octanol–water partition coefficient (Wildman–Crippen LogP) is 1.66. The Morgan fingerprint density at radius 3 is 3.33 bits per heavy atom. The second-order valence-corrected chi connectivity index (χ2v) is 3.07. The fourth-order valence-corrected chi connectivity index (χ4v) is 1.86. The molecular weight excluding hydrogens is 110 g/mol. The maximum absolute atomic E-state index is 3.30. The number of fused-ring (bicyclic) bond motifs is 1. The van der Waals surface area contributed by atoms with Crippen molar-refractivity contribution in [3.8, 4) is 0 Å². The van der Waals surface area contributed by atoms with E-state index in [1.54, 1.807) is 5.57 Å². The molecule has 2 aliphatic rings. The molecule has 0 amide bonds. The first-order valence-electron chi connectivity index (χ1n) is 3.89. The van der Waals surface area contributed by atoms with E-state index in [9.17, 15) is 0 Å². The fraction of sp³-hybridized carbons (Fsp3) is 0.750. The van der Waals surface area contributed by atoms with Gasteiger partial charge in [0.2, 0.25) is 0 Å². The summed E-state index contributed by atoms with van der Waals surface area (Å²) in [6.07, 6.45) is 7.88. The summed E-state index contributed by atoms with van der Waals surface area (Å²) in [6.45, 7) is 1.22. The van der Waals surface area contributed by atoms with Gasteiger partial charge in [0.15, 0.2) is 0 Å². The molecule has 0 radical (unpaired) electrons. The first kappa shape index (κ1) is 5.33. The van der Waals surface area contributed by atoms with E-state index in [2.05, 4.69) is 11.5 Å². The highest BCUT2D eigenvalue weighted by atomic mass is 14.9. The van der Waals surface area contributed by atoms with E-state index in [1.165, 1.54) is 32.2 Å². The standard InChI is InChI=1S/C8H13N/c1-2-4-8-6-9-5-7(8)3-1/h5,8-9H,1-4,6H2. The average molecular weight is 123 g/mol. The number of rotatable bonds is 0. The quantitative estimate of drug-likeness (QED) is 0.516. The molecule has 1 N–H and O–H groups in total. The van der Waals surface area contributed by atoms with Gasteiger partial charge in [0.05, 0.1) is 0 Å². The lowest BCUT2D eigenvalue weighted by Crippen LogP contribution is -2.13. The highest BCUT2D eigenvalue weighted by molar-refractivity contribution is 5.13. The van der Waals surface area contributed by atoms with Crippen LogP contribution in [-0.2, 0) is 0 Å². The molecule has 1 aliphatic carbocycles. The molecule has 9 heavy (non-hydrogen) atoms. The fourth-order valence-electron chi connectivity index (χ4n) is 1.86. The molecule has 1 atom stereocenters. The molecule has 1 nitrogen and oxygen atoms in total. The summed E-state index contributed by atoms with van der Waals surface area (Å²) in [4.78, 5) is 0. The minimum absolute atomic E-state index is 0.916. The SMILES string of the molecule is C1=C2CCCCC2CN1. The van der Waals surface area contributed by atoms with Crippen molar-refractivity contribution in [3.63, 3.8) is 0 Å². The molecule has 0 spiro atoms. The minimum atomic E-state index is 0.916. The molecule has 1 saturated carbocycles. The Morgan fingerprint density at radius 1 is 1.44 bits per heavy atom. The molecule has 50 valence electrons. The predicted molar refractivity (Wildman–Crippen MR) is 38.0 cm³/mol. The van der Waals surface area contributed by atoms with Crippen molar-refractivity contribution in [2.45, 2.75) is 25.7 Å². The Bertz CT molecular complexity index is 138. The maximum atomic E-state index is 3.30. The minimum Gasteiger partial charge on any atom is -0.390 e. The highest BCUT2D eigenvalue weighted by Gasteiger charge is 2.21.